The predicted octanol–water partition coefficient (Wildman–Crippen LogP) is 2.60. The topological polar surface area (TPSA) is 52.1 Å². The summed E-state index contributed by atoms with van der Waals surface area (Å²) < 4.78 is 18.2. The highest BCUT2D eigenvalue weighted by atomic mass is 35.5. The highest BCUT2D eigenvalue weighted by molar-refractivity contribution is 6.34. The van der Waals surface area contributed by atoms with Gasteiger partial charge in [0.15, 0.2) is 0 Å². The van der Waals surface area contributed by atoms with Crippen LogP contribution in [0, 0.1) is 5.82 Å². The molecular weight excluding hydrogens is 247 g/mol. The Morgan fingerprint density at radius 1 is 1.47 bits per heavy atom. The lowest BCUT2D eigenvalue weighted by Crippen LogP contribution is -2.10. The van der Waals surface area contributed by atoms with Gasteiger partial charge in [-0.25, -0.2) is 19.2 Å². The summed E-state index contributed by atoms with van der Waals surface area (Å²) in [6.07, 6.45) is 0. The Labute approximate surface area is 101 Å². The van der Waals surface area contributed by atoms with Gasteiger partial charge >= 0.3 is 5.97 Å². The van der Waals surface area contributed by atoms with E-state index in [-0.39, 0.29) is 28.5 Å². The van der Waals surface area contributed by atoms with Gasteiger partial charge in [-0.05, 0) is 19.1 Å². The molecule has 0 saturated heterocycles. The van der Waals surface area contributed by atoms with Crippen molar-refractivity contribution >= 4 is 28.5 Å². The zero-order valence-electron chi connectivity index (χ0n) is 8.91. The lowest BCUT2D eigenvalue weighted by molar-refractivity contribution is 0.0512. The van der Waals surface area contributed by atoms with Crippen molar-refractivity contribution in [3.63, 3.8) is 0 Å². The molecule has 1 aromatic heterocycles. The zero-order valence-corrected chi connectivity index (χ0v) is 9.66. The van der Waals surface area contributed by atoms with E-state index in [2.05, 4.69) is 9.97 Å². The molecule has 0 unspecified atom stereocenters. The van der Waals surface area contributed by atoms with Gasteiger partial charge in [0, 0.05) is 0 Å². The van der Waals surface area contributed by atoms with Crippen molar-refractivity contribution in [1.82, 2.24) is 9.97 Å². The lowest BCUT2D eigenvalue weighted by Gasteiger charge is -2.04. The number of benzene rings is 1. The van der Waals surface area contributed by atoms with E-state index in [0.29, 0.717) is 0 Å². The van der Waals surface area contributed by atoms with Crippen LogP contribution in [-0.4, -0.2) is 22.5 Å². The van der Waals surface area contributed by atoms with Crippen LogP contribution in [0.4, 0.5) is 4.39 Å². The van der Waals surface area contributed by atoms with Crippen molar-refractivity contribution in [1.29, 1.82) is 0 Å². The van der Waals surface area contributed by atoms with Gasteiger partial charge in [0.25, 0.3) is 0 Å². The third-order valence-corrected chi connectivity index (χ3v) is 2.36. The van der Waals surface area contributed by atoms with Gasteiger partial charge in [0.2, 0.25) is 5.82 Å². The number of halogens is 2. The van der Waals surface area contributed by atoms with Crippen molar-refractivity contribution in [2.24, 2.45) is 0 Å². The highest BCUT2D eigenvalue weighted by Gasteiger charge is 2.15. The van der Waals surface area contributed by atoms with Crippen LogP contribution >= 0.6 is 11.6 Å². The molecule has 1 aromatic carbocycles. The van der Waals surface area contributed by atoms with E-state index in [1.54, 1.807) is 13.0 Å². The molecule has 0 aliphatic heterocycles. The first-order chi connectivity index (χ1) is 8.13. The number of nitrogens with zero attached hydrogens (tertiary/aromatic N) is 2. The Balaban J connectivity index is 2.60. The number of hydrogen-bond acceptors (Lipinski definition) is 4. The van der Waals surface area contributed by atoms with E-state index in [9.17, 15) is 9.18 Å². The van der Waals surface area contributed by atoms with Gasteiger partial charge in [0.1, 0.15) is 11.0 Å². The third kappa shape index (κ3) is 2.19. The number of hydrogen-bond donors (Lipinski definition) is 0. The summed E-state index contributed by atoms with van der Waals surface area (Å²) >= 11 is 5.81. The van der Waals surface area contributed by atoms with E-state index in [4.69, 9.17) is 16.3 Å². The normalized spacial score (nSPS) is 10.5. The van der Waals surface area contributed by atoms with Crippen LogP contribution in [0.3, 0.4) is 0 Å². The molecule has 0 aliphatic rings. The van der Waals surface area contributed by atoms with Crippen LogP contribution in [0.2, 0.25) is 5.15 Å². The van der Waals surface area contributed by atoms with Crippen molar-refractivity contribution < 1.29 is 13.9 Å². The maximum absolute atomic E-state index is 13.4. The van der Waals surface area contributed by atoms with Crippen LogP contribution in [0.5, 0.6) is 0 Å². The molecule has 0 amide bonds. The second-order valence-corrected chi connectivity index (χ2v) is 3.55. The van der Waals surface area contributed by atoms with E-state index >= 15 is 0 Å². The Hall–Kier alpha value is -1.75. The molecule has 6 heteroatoms. The standard InChI is InChI=1S/C11H8ClFN2O2/c1-2-17-11(16)10-14-7-5-3-4-6(13)8(7)9(12)15-10/h3-5H,2H2,1H3. The molecule has 0 N–H and O–H groups in total. The fourth-order valence-electron chi connectivity index (χ4n) is 1.39. The monoisotopic (exact) mass is 254 g/mol. The fourth-order valence-corrected chi connectivity index (χ4v) is 1.65. The molecule has 17 heavy (non-hydrogen) atoms. The molecule has 88 valence electrons. The number of fused-ring (bicyclic) bond motifs is 1. The lowest BCUT2D eigenvalue weighted by atomic mass is 10.2. The zero-order chi connectivity index (χ0) is 12.4. The molecule has 0 saturated carbocycles. The molecule has 1 heterocycles. The van der Waals surface area contributed by atoms with Crippen LogP contribution in [-0.2, 0) is 4.74 Å². The number of carbonyl (C=O) groups is 1. The second kappa shape index (κ2) is 4.63. The van der Waals surface area contributed by atoms with Gasteiger partial charge < -0.3 is 4.74 Å². The minimum absolute atomic E-state index is 0.0993. The summed E-state index contributed by atoms with van der Waals surface area (Å²) in [4.78, 5) is 19.1. The van der Waals surface area contributed by atoms with Crippen molar-refractivity contribution in [2.75, 3.05) is 6.61 Å². The van der Waals surface area contributed by atoms with Crippen LogP contribution < -0.4 is 0 Å². The number of esters is 1. The quantitative estimate of drug-likeness (QED) is 0.611. The van der Waals surface area contributed by atoms with Crippen LogP contribution in [0.25, 0.3) is 10.9 Å². The first-order valence-corrected chi connectivity index (χ1v) is 5.30. The average molecular weight is 255 g/mol. The maximum Gasteiger partial charge on any atom is 0.376 e. The molecule has 2 rings (SSSR count). The average Bonchev–Trinajstić information content (AvgIpc) is 2.29. The third-order valence-electron chi connectivity index (χ3n) is 2.09. The second-order valence-electron chi connectivity index (χ2n) is 3.19. The first kappa shape index (κ1) is 11.7. The summed E-state index contributed by atoms with van der Waals surface area (Å²) in [5.41, 5.74) is 0.271. The van der Waals surface area contributed by atoms with Crippen molar-refractivity contribution in [3.05, 3.63) is 35.0 Å². The summed E-state index contributed by atoms with van der Waals surface area (Å²) in [6.45, 7) is 1.88. The Bertz CT molecular complexity index is 589. The minimum Gasteiger partial charge on any atom is -0.460 e. The summed E-state index contributed by atoms with van der Waals surface area (Å²) in [7, 11) is 0. The number of carbonyl (C=O) groups excluding carboxylic acids is 1. The van der Waals surface area contributed by atoms with Gasteiger partial charge in [-0.2, -0.15) is 0 Å². The van der Waals surface area contributed by atoms with E-state index in [1.807, 2.05) is 0 Å². The number of aromatic nitrogens is 2. The summed E-state index contributed by atoms with van der Waals surface area (Å²) in [6, 6.07) is 4.28. The van der Waals surface area contributed by atoms with Gasteiger partial charge in [0.05, 0.1) is 17.5 Å². The maximum atomic E-state index is 13.4. The molecule has 2 aromatic rings. The number of rotatable bonds is 2. The molecule has 0 bridgehead atoms. The van der Waals surface area contributed by atoms with Crippen LogP contribution in [0.15, 0.2) is 18.2 Å². The fraction of sp³-hybridized carbons (Fsp3) is 0.182. The van der Waals surface area contributed by atoms with E-state index in [1.165, 1.54) is 12.1 Å². The molecule has 0 fully saturated rings. The Morgan fingerprint density at radius 2 is 2.24 bits per heavy atom. The molecule has 0 spiro atoms. The largest absolute Gasteiger partial charge is 0.460 e. The minimum atomic E-state index is -0.680. The molecule has 0 radical (unpaired) electrons. The highest BCUT2D eigenvalue weighted by Crippen LogP contribution is 2.23. The molecule has 4 nitrogen and oxygen atoms in total. The van der Waals surface area contributed by atoms with Crippen molar-refractivity contribution in [3.8, 4) is 0 Å². The number of ether oxygens (including phenoxy) is 1. The van der Waals surface area contributed by atoms with Gasteiger partial charge in [-0.15, -0.1) is 0 Å². The SMILES string of the molecule is CCOC(=O)c1nc(Cl)c2c(F)cccc2n1. The van der Waals surface area contributed by atoms with Crippen LogP contribution in [0.1, 0.15) is 17.5 Å². The molecule has 0 atom stereocenters. The van der Waals surface area contributed by atoms with E-state index in [0.717, 1.165) is 0 Å². The Morgan fingerprint density at radius 3 is 2.94 bits per heavy atom. The summed E-state index contributed by atoms with van der Waals surface area (Å²) in [5, 5.41) is -0.00151. The Kier molecular flexibility index (Phi) is 3.19. The van der Waals surface area contributed by atoms with Crippen molar-refractivity contribution in [2.45, 2.75) is 6.92 Å². The van der Waals surface area contributed by atoms with E-state index < -0.39 is 11.8 Å². The predicted molar refractivity (Wildman–Crippen MR) is 60.5 cm³/mol. The smallest absolute Gasteiger partial charge is 0.376 e. The van der Waals surface area contributed by atoms with Gasteiger partial charge in [-0.3, -0.25) is 0 Å². The summed E-state index contributed by atoms with van der Waals surface area (Å²) in [5.74, 6) is -1.38. The molecular formula is C11H8ClFN2O2. The molecule has 0 aliphatic carbocycles. The first-order valence-electron chi connectivity index (χ1n) is 4.92. The van der Waals surface area contributed by atoms with Gasteiger partial charge in [-0.1, -0.05) is 17.7 Å².